The van der Waals surface area contributed by atoms with Gasteiger partial charge in [0.2, 0.25) is 0 Å². The normalized spacial score (nSPS) is 13.3. The van der Waals surface area contributed by atoms with Crippen molar-refractivity contribution in [1.29, 1.82) is 0 Å². The van der Waals surface area contributed by atoms with Gasteiger partial charge in [-0.25, -0.2) is 0 Å². The highest BCUT2D eigenvalue weighted by molar-refractivity contribution is 9.10. The molecule has 9 heteroatoms. The first kappa shape index (κ1) is 17.6. The highest BCUT2D eigenvalue weighted by Gasteiger charge is 2.41. The van der Waals surface area contributed by atoms with E-state index in [0.29, 0.717) is 0 Å². The maximum atomic E-state index is 12.7. The Labute approximate surface area is 152 Å². The number of carbonyl (C=O) groups is 3. The van der Waals surface area contributed by atoms with E-state index in [-0.39, 0.29) is 31.7 Å². The number of hydrogen-bond donors (Lipinski definition) is 1. The van der Waals surface area contributed by atoms with Gasteiger partial charge in [0.1, 0.15) is 0 Å². The molecule has 0 heterocycles. The summed E-state index contributed by atoms with van der Waals surface area (Å²) in [6.07, 6.45) is -5.18. The molecule has 25 heavy (non-hydrogen) atoms. The molecular weight excluding hydrogens is 427 g/mol. The summed E-state index contributed by atoms with van der Waals surface area (Å²) in [6.45, 7) is 0. The Bertz CT molecular complexity index is 956. The molecule has 2 aromatic carbocycles. The third kappa shape index (κ3) is 2.85. The fourth-order valence-electron chi connectivity index (χ4n) is 2.52. The molecule has 0 aliphatic heterocycles. The number of carbonyl (C=O) groups excluding carboxylic acids is 3. The van der Waals surface area contributed by atoms with Crippen molar-refractivity contribution in [3.8, 4) is 0 Å². The van der Waals surface area contributed by atoms with Crippen molar-refractivity contribution >= 4 is 50.7 Å². The van der Waals surface area contributed by atoms with Crippen LogP contribution in [0, 0.1) is 0 Å². The van der Waals surface area contributed by atoms with Crippen molar-refractivity contribution in [1.82, 2.24) is 0 Å². The van der Waals surface area contributed by atoms with E-state index < -0.39 is 29.3 Å². The number of halogens is 5. The zero-order chi connectivity index (χ0) is 18.5. The maximum Gasteiger partial charge on any atom is 0.471 e. The largest absolute Gasteiger partial charge is 0.471 e. The van der Waals surface area contributed by atoms with Crippen LogP contribution in [-0.4, -0.2) is 23.6 Å². The minimum absolute atomic E-state index is 0.0247. The lowest BCUT2D eigenvalue weighted by Crippen LogP contribution is -2.32. The van der Waals surface area contributed by atoms with E-state index >= 15 is 0 Å². The molecule has 0 aromatic heterocycles. The van der Waals surface area contributed by atoms with Gasteiger partial charge in [-0.15, -0.1) is 0 Å². The van der Waals surface area contributed by atoms with E-state index in [1.165, 1.54) is 18.2 Å². The predicted molar refractivity (Wildman–Crippen MR) is 87.1 cm³/mol. The third-order valence-electron chi connectivity index (χ3n) is 3.60. The van der Waals surface area contributed by atoms with E-state index in [1.807, 2.05) is 0 Å². The van der Waals surface area contributed by atoms with Crippen LogP contribution in [0.3, 0.4) is 0 Å². The summed E-state index contributed by atoms with van der Waals surface area (Å²) in [5.41, 5.74) is -0.922. The molecule has 1 N–H and O–H groups in total. The Kier molecular flexibility index (Phi) is 4.20. The second-order valence-electron chi connectivity index (χ2n) is 5.12. The van der Waals surface area contributed by atoms with Gasteiger partial charge in [0, 0.05) is 15.6 Å². The zero-order valence-electron chi connectivity index (χ0n) is 12.0. The second kappa shape index (κ2) is 5.96. The molecule has 4 nitrogen and oxygen atoms in total. The number of amides is 1. The summed E-state index contributed by atoms with van der Waals surface area (Å²) in [4.78, 5) is 36.7. The summed E-state index contributed by atoms with van der Waals surface area (Å²) in [5, 5.41) is 1.30. The SMILES string of the molecule is O=C1c2ccccc2C(=O)c2c(NC(=O)C(F)(F)F)c(Cl)cc(Br)c21. The van der Waals surface area contributed by atoms with Gasteiger partial charge in [-0.3, -0.25) is 14.4 Å². The summed E-state index contributed by atoms with van der Waals surface area (Å²) < 4.78 is 37.9. The quantitative estimate of drug-likeness (QED) is 0.621. The Hall–Kier alpha value is -2.19. The van der Waals surface area contributed by atoms with E-state index in [1.54, 1.807) is 11.4 Å². The lowest BCUT2D eigenvalue weighted by atomic mass is 9.83. The minimum atomic E-state index is -5.18. The van der Waals surface area contributed by atoms with Gasteiger partial charge in [-0.2, -0.15) is 13.2 Å². The number of nitrogens with one attached hydrogen (secondary N) is 1. The van der Waals surface area contributed by atoms with Crippen molar-refractivity contribution in [2.75, 3.05) is 5.32 Å². The van der Waals surface area contributed by atoms with Crippen LogP contribution >= 0.6 is 27.5 Å². The first-order chi connectivity index (χ1) is 11.6. The lowest BCUT2D eigenvalue weighted by molar-refractivity contribution is -0.167. The van der Waals surface area contributed by atoms with E-state index in [4.69, 9.17) is 11.6 Å². The topological polar surface area (TPSA) is 63.2 Å². The fourth-order valence-corrected chi connectivity index (χ4v) is 3.51. The molecule has 0 radical (unpaired) electrons. The van der Waals surface area contributed by atoms with Crippen LogP contribution in [0.1, 0.15) is 31.8 Å². The zero-order valence-corrected chi connectivity index (χ0v) is 14.3. The van der Waals surface area contributed by atoms with Crippen molar-refractivity contribution in [2.24, 2.45) is 0 Å². The molecule has 3 rings (SSSR count). The molecule has 2 aromatic rings. The van der Waals surface area contributed by atoms with Crippen LogP contribution < -0.4 is 5.32 Å². The molecule has 1 aliphatic carbocycles. The summed E-state index contributed by atoms with van der Waals surface area (Å²) in [7, 11) is 0. The molecule has 1 amide bonds. The number of benzene rings is 2. The molecule has 0 saturated carbocycles. The molecule has 0 bridgehead atoms. The van der Waals surface area contributed by atoms with Gasteiger partial charge in [0.15, 0.2) is 11.6 Å². The second-order valence-corrected chi connectivity index (χ2v) is 6.38. The van der Waals surface area contributed by atoms with E-state index in [9.17, 15) is 27.6 Å². The third-order valence-corrected chi connectivity index (χ3v) is 4.52. The fraction of sp³-hybridized carbons (Fsp3) is 0.0625. The van der Waals surface area contributed by atoms with Gasteiger partial charge in [-0.05, 0) is 22.0 Å². The average molecular weight is 433 g/mol. The Morgan fingerprint density at radius 2 is 1.56 bits per heavy atom. The highest BCUT2D eigenvalue weighted by Crippen LogP contribution is 2.41. The summed E-state index contributed by atoms with van der Waals surface area (Å²) >= 11 is 9.03. The number of rotatable bonds is 1. The van der Waals surface area contributed by atoms with Crippen LogP contribution in [0.25, 0.3) is 0 Å². The molecule has 0 unspecified atom stereocenters. The van der Waals surface area contributed by atoms with Crippen LogP contribution in [0.4, 0.5) is 18.9 Å². The van der Waals surface area contributed by atoms with Crippen LogP contribution in [-0.2, 0) is 4.79 Å². The number of alkyl halides is 3. The van der Waals surface area contributed by atoms with Crippen molar-refractivity contribution < 1.29 is 27.6 Å². The lowest BCUT2D eigenvalue weighted by Gasteiger charge is -2.22. The summed E-state index contributed by atoms with van der Waals surface area (Å²) in [5.74, 6) is -3.56. The first-order valence-corrected chi connectivity index (χ1v) is 7.88. The Balaban J connectivity index is 2.26. The number of hydrogen-bond acceptors (Lipinski definition) is 3. The highest BCUT2D eigenvalue weighted by atomic mass is 79.9. The van der Waals surface area contributed by atoms with Crippen molar-refractivity contribution in [3.63, 3.8) is 0 Å². The predicted octanol–water partition coefficient (Wildman–Crippen LogP) is 4.38. The molecular formula is C16H6BrClF3NO3. The van der Waals surface area contributed by atoms with Gasteiger partial charge in [-0.1, -0.05) is 35.9 Å². The standard InChI is InChI=1S/C16H6BrClF3NO3/c17-8-5-9(18)12(22-15(25)16(19,20)21)11-10(8)13(23)6-3-1-2-4-7(6)14(11)24/h1-5H,(H,22,25). The van der Waals surface area contributed by atoms with Crippen LogP contribution in [0.5, 0.6) is 0 Å². The molecule has 0 saturated heterocycles. The average Bonchev–Trinajstić information content (AvgIpc) is 2.54. The summed E-state index contributed by atoms with van der Waals surface area (Å²) in [6, 6.07) is 7.05. The molecule has 1 aliphatic rings. The van der Waals surface area contributed by atoms with Gasteiger partial charge >= 0.3 is 12.1 Å². The minimum Gasteiger partial charge on any atom is -0.316 e. The van der Waals surface area contributed by atoms with Crippen LogP contribution in [0.15, 0.2) is 34.8 Å². The van der Waals surface area contributed by atoms with Crippen molar-refractivity contribution in [3.05, 3.63) is 62.1 Å². The van der Waals surface area contributed by atoms with Crippen molar-refractivity contribution in [2.45, 2.75) is 6.18 Å². The van der Waals surface area contributed by atoms with Gasteiger partial charge in [0.05, 0.1) is 21.8 Å². The van der Waals surface area contributed by atoms with Gasteiger partial charge < -0.3 is 5.32 Å². The Morgan fingerprint density at radius 3 is 2.08 bits per heavy atom. The smallest absolute Gasteiger partial charge is 0.316 e. The maximum absolute atomic E-state index is 12.7. The number of anilines is 1. The van der Waals surface area contributed by atoms with E-state index in [0.717, 1.165) is 6.07 Å². The van der Waals surface area contributed by atoms with Crippen LogP contribution in [0.2, 0.25) is 5.02 Å². The number of fused-ring (bicyclic) bond motifs is 2. The number of ketones is 2. The molecule has 128 valence electrons. The first-order valence-electron chi connectivity index (χ1n) is 6.71. The Morgan fingerprint density at radius 1 is 1.04 bits per heavy atom. The van der Waals surface area contributed by atoms with E-state index in [2.05, 4.69) is 15.9 Å². The monoisotopic (exact) mass is 431 g/mol. The van der Waals surface area contributed by atoms with Gasteiger partial charge in [0.25, 0.3) is 0 Å². The molecule has 0 atom stereocenters. The molecule has 0 fully saturated rings. The molecule has 0 spiro atoms.